The maximum atomic E-state index is 5.88. The molecule has 0 unspecified atom stereocenters. The van der Waals surface area contributed by atoms with Crippen LogP contribution in [0.3, 0.4) is 0 Å². The van der Waals surface area contributed by atoms with E-state index in [9.17, 15) is 0 Å². The number of benzene rings is 1. The molecule has 0 radical (unpaired) electrons. The SMILES string of the molecule is CON=Cc1ccc(OC)c(Cl)c1. The third kappa shape index (κ3) is 2.63. The van der Waals surface area contributed by atoms with Crippen LogP contribution in [0.2, 0.25) is 5.02 Å². The molecule has 0 bridgehead atoms. The van der Waals surface area contributed by atoms with Crippen LogP contribution in [0.25, 0.3) is 0 Å². The summed E-state index contributed by atoms with van der Waals surface area (Å²) >= 11 is 5.88. The van der Waals surface area contributed by atoms with E-state index in [2.05, 4.69) is 9.99 Å². The van der Waals surface area contributed by atoms with Crippen LogP contribution in [0.15, 0.2) is 23.4 Å². The zero-order chi connectivity index (χ0) is 9.68. The van der Waals surface area contributed by atoms with E-state index in [1.807, 2.05) is 6.07 Å². The van der Waals surface area contributed by atoms with Gasteiger partial charge in [-0.25, -0.2) is 0 Å². The molecule has 0 spiro atoms. The van der Waals surface area contributed by atoms with Gasteiger partial charge in [-0.05, 0) is 23.8 Å². The second-order valence-corrected chi connectivity index (χ2v) is 2.72. The van der Waals surface area contributed by atoms with Crippen molar-refractivity contribution in [2.75, 3.05) is 14.2 Å². The molecule has 0 fully saturated rings. The molecule has 0 aliphatic heterocycles. The first-order valence-electron chi connectivity index (χ1n) is 3.68. The molecule has 0 N–H and O–H groups in total. The number of halogens is 1. The molecule has 0 saturated heterocycles. The van der Waals surface area contributed by atoms with E-state index in [1.54, 1.807) is 25.5 Å². The first-order valence-corrected chi connectivity index (χ1v) is 4.06. The van der Waals surface area contributed by atoms with Crippen molar-refractivity contribution in [3.8, 4) is 5.75 Å². The molecular weight excluding hydrogens is 190 g/mol. The molecule has 1 aromatic rings. The van der Waals surface area contributed by atoms with Crippen molar-refractivity contribution in [3.63, 3.8) is 0 Å². The van der Waals surface area contributed by atoms with Gasteiger partial charge >= 0.3 is 0 Å². The molecule has 3 nitrogen and oxygen atoms in total. The van der Waals surface area contributed by atoms with Crippen LogP contribution in [-0.2, 0) is 4.84 Å². The molecule has 4 heteroatoms. The molecule has 0 heterocycles. The Morgan fingerprint density at radius 2 is 2.15 bits per heavy atom. The van der Waals surface area contributed by atoms with Gasteiger partial charge in [0.2, 0.25) is 0 Å². The lowest BCUT2D eigenvalue weighted by atomic mass is 10.2. The maximum absolute atomic E-state index is 5.88. The van der Waals surface area contributed by atoms with E-state index < -0.39 is 0 Å². The number of rotatable bonds is 3. The average Bonchev–Trinajstić information content (AvgIpc) is 2.15. The Morgan fingerprint density at radius 3 is 2.69 bits per heavy atom. The molecule has 1 rings (SSSR count). The van der Waals surface area contributed by atoms with E-state index in [0.29, 0.717) is 10.8 Å². The summed E-state index contributed by atoms with van der Waals surface area (Å²) in [6, 6.07) is 5.37. The molecule has 0 atom stereocenters. The van der Waals surface area contributed by atoms with Crippen molar-refractivity contribution < 1.29 is 9.57 Å². The molecule has 1 aromatic carbocycles. The maximum Gasteiger partial charge on any atom is 0.137 e. The molecule has 13 heavy (non-hydrogen) atoms. The highest BCUT2D eigenvalue weighted by molar-refractivity contribution is 6.32. The lowest BCUT2D eigenvalue weighted by molar-refractivity contribution is 0.215. The number of hydrogen-bond donors (Lipinski definition) is 0. The third-order valence-electron chi connectivity index (χ3n) is 1.48. The summed E-state index contributed by atoms with van der Waals surface area (Å²) in [4.78, 5) is 4.54. The summed E-state index contributed by atoms with van der Waals surface area (Å²) in [5.74, 6) is 0.649. The van der Waals surface area contributed by atoms with Crippen molar-refractivity contribution >= 4 is 17.8 Å². The number of methoxy groups -OCH3 is 1. The van der Waals surface area contributed by atoms with Crippen molar-refractivity contribution in [1.29, 1.82) is 0 Å². The highest BCUT2D eigenvalue weighted by Gasteiger charge is 1.99. The van der Waals surface area contributed by atoms with Gasteiger partial charge in [-0.2, -0.15) is 0 Å². The van der Waals surface area contributed by atoms with Crippen LogP contribution < -0.4 is 4.74 Å². The van der Waals surface area contributed by atoms with E-state index >= 15 is 0 Å². The topological polar surface area (TPSA) is 30.8 Å². The van der Waals surface area contributed by atoms with Gasteiger partial charge in [0.25, 0.3) is 0 Å². The lowest BCUT2D eigenvalue weighted by Gasteiger charge is -2.02. The van der Waals surface area contributed by atoms with Gasteiger partial charge in [-0.1, -0.05) is 16.8 Å². The van der Waals surface area contributed by atoms with Crippen LogP contribution in [0.1, 0.15) is 5.56 Å². The lowest BCUT2D eigenvalue weighted by Crippen LogP contribution is -1.86. The largest absolute Gasteiger partial charge is 0.495 e. The smallest absolute Gasteiger partial charge is 0.137 e. The summed E-state index contributed by atoms with van der Waals surface area (Å²) in [6.07, 6.45) is 1.57. The average molecular weight is 200 g/mol. The molecule has 0 amide bonds. The molecular formula is C9H10ClNO2. The fourth-order valence-corrected chi connectivity index (χ4v) is 1.14. The van der Waals surface area contributed by atoms with Gasteiger partial charge in [0.1, 0.15) is 12.9 Å². The van der Waals surface area contributed by atoms with Crippen LogP contribution in [0, 0.1) is 0 Å². The van der Waals surface area contributed by atoms with E-state index in [-0.39, 0.29) is 0 Å². The quantitative estimate of drug-likeness (QED) is 0.553. The zero-order valence-corrected chi connectivity index (χ0v) is 8.21. The Hall–Kier alpha value is -1.22. The van der Waals surface area contributed by atoms with E-state index in [4.69, 9.17) is 16.3 Å². The van der Waals surface area contributed by atoms with Crippen molar-refractivity contribution in [3.05, 3.63) is 28.8 Å². The number of hydrogen-bond acceptors (Lipinski definition) is 3. The Morgan fingerprint density at radius 1 is 1.38 bits per heavy atom. The standard InChI is InChI=1S/C9H10ClNO2/c1-12-9-4-3-7(5-8(9)10)6-11-13-2/h3-6H,1-2H3. The molecule has 0 aromatic heterocycles. The van der Waals surface area contributed by atoms with Gasteiger partial charge < -0.3 is 9.57 Å². The summed E-state index contributed by atoms with van der Waals surface area (Å²) < 4.78 is 5.00. The first-order chi connectivity index (χ1) is 6.27. The van der Waals surface area contributed by atoms with Gasteiger partial charge in [0, 0.05) is 0 Å². The van der Waals surface area contributed by atoms with Gasteiger partial charge in [-0.15, -0.1) is 0 Å². The van der Waals surface area contributed by atoms with Crippen LogP contribution in [0.4, 0.5) is 0 Å². The Balaban J connectivity index is 2.89. The van der Waals surface area contributed by atoms with Crippen molar-refractivity contribution in [2.24, 2.45) is 5.16 Å². The predicted octanol–water partition coefficient (Wildman–Crippen LogP) is 2.33. The molecule has 0 aliphatic rings. The van der Waals surface area contributed by atoms with Gasteiger partial charge in [0.15, 0.2) is 0 Å². The summed E-state index contributed by atoms with van der Waals surface area (Å²) in [5.41, 5.74) is 0.868. The zero-order valence-electron chi connectivity index (χ0n) is 7.45. The summed E-state index contributed by atoms with van der Waals surface area (Å²) in [6.45, 7) is 0. The number of oxime groups is 1. The third-order valence-corrected chi connectivity index (χ3v) is 1.78. The number of nitrogens with zero attached hydrogens (tertiary/aromatic N) is 1. The van der Waals surface area contributed by atoms with Crippen LogP contribution in [-0.4, -0.2) is 20.4 Å². The second-order valence-electron chi connectivity index (χ2n) is 2.31. The fourth-order valence-electron chi connectivity index (χ4n) is 0.876. The monoisotopic (exact) mass is 199 g/mol. The van der Waals surface area contributed by atoms with E-state index in [1.165, 1.54) is 7.11 Å². The Labute approximate surface area is 81.9 Å². The van der Waals surface area contributed by atoms with Crippen molar-refractivity contribution in [1.82, 2.24) is 0 Å². The van der Waals surface area contributed by atoms with Crippen LogP contribution >= 0.6 is 11.6 Å². The highest BCUT2D eigenvalue weighted by Crippen LogP contribution is 2.24. The highest BCUT2D eigenvalue weighted by atomic mass is 35.5. The molecule has 0 aliphatic carbocycles. The van der Waals surface area contributed by atoms with E-state index in [0.717, 1.165) is 5.56 Å². The van der Waals surface area contributed by atoms with Crippen LogP contribution in [0.5, 0.6) is 5.75 Å². The second kappa shape index (κ2) is 4.72. The Bertz CT molecular complexity index is 312. The van der Waals surface area contributed by atoms with Crippen molar-refractivity contribution in [2.45, 2.75) is 0 Å². The summed E-state index contributed by atoms with van der Waals surface area (Å²) in [5, 5.41) is 4.17. The molecule has 70 valence electrons. The predicted molar refractivity (Wildman–Crippen MR) is 52.6 cm³/mol. The fraction of sp³-hybridized carbons (Fsp3) is 0.222. The first kappa shape index (κ1) is 9.86. The van der Waals surface area contributed by atoms with Gasteiger partial charge in [-0.3, -0.25) is 0 Å². The molecule has 0 saturated carbocycles. The summed E-state index contributed by atoms with van der Waals surface area (Å²) in [7, 11) is 3.06. The van der Waals surface area contributed by atoms with Gasteiger partial charge in [0.05, 0.1) is 18.3 Å². The Kier molecular flexibility index (Phi) is 3.58. The minimum Gasteiger partial charge on any atom is -0.495 e. The minimum atomic E-state index is 0.558. The minimum absolute atomic E-state index is 0.558. The normalized spacial score (nSPS) is 10.4. The number of ether oxygens (including phenoxy) is 1.